The average molecular weight is 315 g/mol. The molecule has 122 valence electrons. The number of rotatable bonds is 2. The minimum Gasteiger partial charge on any atom is -0.353 e. The van der Waals surface area contributed by atoms with E-state index in [1.165, 1.54) is 0 Å². The predicted molar refractivity (Wildman–Crippen MR) is 83.0 cm³/mol. The standard InChI is InChI=1S/C16H21N5O2/c1-10-12(8-18-14(19-10)11-2-3-11)16(23)21-7-6-20-5-4-17-15(22)13(20)9-21/h8,11,13H,2-7,9H2,1H3,(H,17,22). The molecule has 1 N–H and O–H groups in total. The summed E-state index contributed by atoms with van der Waals surface area (Å²) in [5.74, 6) is 1.29. The molecule has 3 heterocycles. The van der Waals surface area contributed by atoms with Gasteiger partial charge < -0.3 is 10.2 Å². The summed E-state index contributed by atoms with van der Waals surface area (Å²) in [6.07, 6.45) is 3.95. The van der Waals surface area contributed by atoms with Crippen LogP contribution in [0.3, 0.4) is 0 Å². The van der Waals surface area contributed by atoms with Crippen LogP contribution >= 0.6 is 0 Å². The minimum atomic E-state index is -0.228. The van der Waals surface area contributed by atoms with Crippen LogP contribution in [0.25, 0.3) is 0 Å². The summed E-state index contributed by atoms with van der Waals surface area (Å²) in [6.45, 7) is 5.24. The van der Waals surface area contributed by atoms with Crippen molar-refractivity contribution in [2.24, 2.45) is 0 Å². The van der Waals surface area contributed by atoms with E-state index in [9.17, 15) is 9.59 Å². The van der Waals surface area contributed by atoms with Crippen LogP contribution < -0.4 is 5.32 Å². The molecule has 7 heteroatoms. The first-order chi connectivity index (χ1) is 11.1. The highest BCUT2D eigenvalue weighted by molar-refractivity contribution is 5.95. The normalized spacial score (nSPS) is 25.0. The highest BCUT2D eigenvalue weighted by atomic mass is 16.2. The van der Waals surface area contributed by atoms with E-state index in [1.807, 2.05) is 6.92 Å². The molecule has 23 heavy (non-hydrogen) atoms. The fourth-order valence-electron chi connectivity index (χ4n) is 3.37. The third-order valence-corrected chi connectivity index (χ3v) is 4.95. The smallest absolute Gasteiger partial charge is 0.257 e. The molecule has 0 spiro atoms. The number of fused-ring (bicyclic) bond motifs is 1. The van der Waals surface area contributed by atoms with Gasteiger partial charge in [-0.25, -0.2) is 9.97 Å². The van der Waals surface area contributed by atoms with Crippen LogP contribution in [0.15, 0.2) is 6.20 Å². The Hall–Kier alpha value is -2.02. The Kier molecular flexibility index (Phi) is 3.52. The molecule has 1 aliphatic carbocycles. The maximum absolute atomic E-state index is 12.8. The van der Waals surface area contributed by atoms with E-state index in [4.69, 9.17) is 0 Å². The molecular weight excluding hydrogens is 294 g/mol. The topological polar surface area (TPSA) is 78.4 Å². The molecule has 1 atom stereocenters. The van der Waals surface area contributed by atoms with Gasteiger partial charge in [-0.05, 0) is 19.8 Å². The molecule has 0 aromatic carbocycles. The molecule has 3 aliphatic rings. The van der Waals surface area contributed by atoms with E-state index in [0.29, 0.717) is 31.1 Å². The van der Waals surface area contributed by atoms with Gasteiger partial charge in [-0.3, -0.25) is 14.5 Å². The van der Waals surface area contributed by atoms with Gasteiger partial charge in [0, 0.05) is 44.8 Å². The maximum Gasteiger partial charge on any atom is 0.257 e. The third-order valence-electron chi connectivity index (χ3n) is 4.95. The van der Waals surface area contributed by atoms with Crippen LogP contribution in [0.5, 0.6) is 0 Å². The zero-order valence-corrected chi connectivity index (χ0v) is 13.3. The molecule has 2 aliphatic heterocycles. The maximum atomic E-state index is 12.8. The van der Waals surface area contributed by atoms with Crippen molar-refractivity contribution in [3.8, 4) is 0 Å². The summed E-state index contributed by atoms with van der Waals surface area (Å²) < 4.78 is 0. The quantitative estimate of drug-likeness (QED) is 0.826. The van der Waals surface area contributed by atoms with Gasteiger partial charge in [0.25, 0.3) is 5.91 Å². The summed E-state index contributed by atoms with van der Waals surface area (Å²) in [4.78, 5) is 37.6. The minimum absolute atomic E-state index is 0.0193. The molecule has 4 rings (SSSR count). The third kappa shape index (κ3) is 2.69. The molecule has 1 aromatic rings. The Labute approximate surface area is 135 Å². The van der Waals surface area contributed by atoms with Crippen LogP contribution in [0, 0.1) is 6.92 Å². The lowest BCUT2D eigenvalue weighted by atomic mass is 10.1. The number of carbonyl (C=O) groups excluding carboxylic acids is 2. The van der Waals surface area contributed by atoms with Crippen molar-refractivity contribution in [2.75, 3.05) is 32.7 Å². The first-order valence-electron chi connectivity index (χ1n) is 8.28. The van der Waals surface area contributed by atoms with Gasteiger partial charge in [0.15, 0.2) is 0 Å². The molecule has 2 saturated heterocycles. The average Bonchev–Trinajstić information content (AvgIpc) is 3.39. The molecule has 2 amide bonds. The van der Waals surface area contributed by atoms with Crippen LogP contribution in [0.1, 0.15) is 40.6 Å². The van der Waals surface area contributed by atoms with E-state index in [-0.39, 0.29) is 17.9 Å². The monoisotopic (exact) mass is 315 g/mol. The van der Waals surface area contributed by atoms with Crippen molar-refractivity contribution in [1.29, 1.82) is 0 Å². The summed E-state index contributed by atoms with van der Waals surface area (Å²) in [5, 5.41) is 2.88. The Morgan fingerprint density at radius 2 is 2.13 bits per heavy atom. The van der Waals surface area contributed by atoms with E-state index in [0.717, 1.165) is 37.4 Å². The van der Waals surface area contributed by atoms with Crippen molar-refractivity contribution in [3.05, 3.63) is 23.3 Å². The first kappa shape index (κ1) is 14.6. The number of nitrogens with one attached hydrogen (secondary N) is 1. The van der Waals surface area contributed by atoms with Crippen molar-refractivity contribution in [3.63, 3.8) is 0 Å². The molecule has 1 aromatic heterocycles. The molecule has 7 nitrogen and oxygen atoms in total. The fourth-order valence-corrected chi connectivity index (χ4v) is 3.37. The number of nitrogens with zero attached hydrogens (tertiary/aromatic N) is 4. The number of hydrogen-bond acceptors (Lipinski definition) is 5. The molecular formula is C16H21N5O2. The summed E-state index contributed by atoms with van der Waals surface area (Å²) >= 11 is 0. The second kappa shape index (κ2) is 5.56. The zero-order chi connectivity index (χ0) is 16.0. The number of piperazine rings is 2. The van der Waals surface area contributed by atoms with E-state index >= 15 is 0 Å². The van der Waals surface area contributed by atoms with Crippen molar-refractivity contribution >= 4 is 11.8 Å². The van der Waals surface area contributed by atoms with Crippen molar-refractivity contribution in [1.82, 2.24) is 25.1 Å². The summed E-state index contributed by atoms with van der Waals surface area (Å²) in [6, 6.07) is -0.228. The zero-order valence-electron chi connectivity index (χ0n) is 13.3. The largest absolute Gasteiger partial charge is 0.353 e. The van der Waals surface area contributed by atoms with Gasteiger partial charge in [-0.1, -0.05) is 0 Å². The number of aromatic nitrogens is 2. The highest BCUT2D eigenvalue weighted by Crippen LogP contribution is 2.38. The van der Waals surface area contributed by atoms with Gasteiger partial charge in [-0.2, -0.15) is 0 Å². The Bertz CT molecular complexity index is 658. The van der Waals surface area contributed by atoms with Crippen LogP contribution in [0.2, 0.25) is 0 Å². The van der Waals surface area contributed by atoms with Crippen molar-refractivity contribution < 1.29 is 9.59 Å². The summed E-state index contributed by atoms with van der Waals surface area (Å²) in [7, 11) is 0. The molecule has 0 bridgehead atoms. The second-order valence-electron chi connectivity index (χ2n) is 6.60. The SMILES string of the molecule is Cc1nc(C2CC2)ncc1C(=O)N1CCN2CCNC(=O)C2C1. The molecule has 1 saturated carbocycles. The highest BCUT2D eigenvalue weighted by Gasteiger charge is 2.37. The lowest BCUT2D eigenvalue weighted by molar-refractivity contribution is -0.131. The Morgan fingerprint density at radius 3 is 2.87 bits per heavy atom. The summed E-state index contributed by atoms with van der Waals surface area (Å²) in [5.41, 5.74) is 1.29. The van der Waals surface area contributed by atoms with Gasteiger partial charge >= 0.3 is 0 Å². The lowest BCUT2D eigenvalue weighted by Gasteiger charge is -2.43. The Balaban J connectivity index is 1.51. The van der Waals surface area contributed by atoms with Crippen LogP contribution in [0.4, 0.5) is 0 Å². The molecule has 0 radical (unpaired) electrons. The number of aryl methyl sites for hydroxylation is 1. The molecule has 3 fully saturated rings. The number of hydrogen-bond donors (Lipinski definition) is 1. The van der Waals surface area contributed by atoms with Crippen LogP contribution in [-0.2, 0) is 4.79 Å². The number of carbonyl (C=O) groups is 2. The van der Waals surface area contributed by atoms with E-state index in [1.54, 1.807) is 11.1 Å². The van der Waals surface area contributed by atoms with Crippen molar-refractivity contribution in [2.45, 2.75) is 31.7 Å². The van der Waals surface area contributed by atoms with Gasteiger partial charge in [0.2, 0.25) is 5.91 Å². The lowest BCUT2D eigenvalue weighted by Crippen LogP contribution is -2.64. The van der Waals surface area contributed by atoms with Gasteiger partial charge in [-0.15, -0.1) is 0 Å². The second-order valence-corrected chi connectivity index (χ2v) is 6.60. The first-order valence-corrected chi connectivity index (χ1v) is 8.28. The molecule has 1 unspecified atom stereocenters. The van der Waals surface area contributed by atoms with E-state index in [2.05, 4.69) is 20.2 Å². The predicted octanol–water partition coefficient (Wildman–Crippen LogP) is -0.0814. The van der Waals surface area contributed by atoms with Gasteiger partial charge in [0.05, 0.1) is 11.3 Å². The number of amides is 2. The van der Waals surface area contributed by atoms with Crippen LogP contribution in [-0.4, -0.2) is 70.3 Å². The van der Waals surface area contributed by atoms with Gasteiger partial charge in [0.1, 0.15) is 11.9 Å². The fraction of sp³-hybridized carbons (Fsp3) is 0.625. The van der Waals surface area contributed by atoms with E-state index < -0.39 is 0 Å². The Morgan fingerprint density at radius 1 is 1.30 bits per heavy atom.